The van der Waals surface area contributed by atoms with Crippen LogP contribution in [-0.2, 0) is 0 Å². The van der Waals surface area contributed by atoms with Gasteiger partial charge in [-0.1, -0.05) is 11.6 Å². The minimum Gasteiger partial charge on any atom is -0.478 e. The molecule has 13 heavy (non-hydrogen) atoms. The van der Waals surface area contributed by atoms with Crippen LogP contribution in [0.5, 0.6) is 0 Å². The first kappa shape index (κ1) is 9.54. The Labute approximate surface area is 79.4 Å². The zero-order valence-corrected chi connectivity index (χ0v) is 7.30. The van der Waals surface area contributed by atoms with Crippen LogP contribution in [0.2, 0.25) is 5.02 Å². The molecular formula is C8H7ClN2O2. The second-order valence-electron chi connectivity index (χ2n) is 2.41. The van der Waals surface area contributed by atoms with Crippen LogP contribution in [0.25, 0.3) is 0 Å². The Morgan fingerprint density at radius 2 is 2.15 bits per heavy atom. The summed E-state index contributed by atoms with van der Waals surface area (Å²) in [6.07, 6.45) is 0. The molecule has 1 rings (SSSR count). The average molecular weight is 199 g/mol. The topological polar surface area (TPSA) is 87.2 Å². The number of hydrogen-bond acceptors (Lipinski definition) is 2. The molecule has 0 unspecified atom stereocenters. The van der Waals surface area contributed by atoms with E-state index in [0.29, 0.717) is 5.56 Å². The number of rotatable bonds is 2. The van der Waals surface area contributed by atoms with Gasteiger partial charge in [0.2, 0.25) is 0 Å². The van der Waals surface area contributed by atoms with Gasteiger partial charge in [-0.3, -0.25) is 5.41 Å². The smallest absolute Gasteiger partial charge is 0.335 e. The largest absolute Gasteiger partial charge is 0.478 e. The van der Waals surface area contributed by atoms with E-state index in [0.717, 1.165) is 0 Å². The molecule has 0 fully saturated rings. The fourth-order valence-corrected chi connectivity index (χ4v) is 1.15. The van der Waals surface area contributed by atoms with E-state index >= 15 is 0 Å². The molecule has 0 heterocycles. The van der Waals surface area contributed by atoms with Gasteiger partial charge in [-0.05, 0) is 18.2 Å². The van der Waals surface area contributed by atoms with E-state index in [-0.39, 0.29) is 16.4 Å². The first-order chi connectivity index (χ1) is 6.02. The third-order valence-corrected chi connectivity index (χ3v) is 1.82. The number of nitrogens with two attached hydrogens (primary N) is 1. The molecule has 1 aromatic carbocycles. The van der Waals surface area contributed by atoms with Crippen molar-refractivity contribution in [3.8, 4) is 0 Å². The van der Waals surface area contributed by atoms with Gasteiger partial charge in [-0.2, -0.15) is 0 Å². The molecule has 0 atom stereocenters. The van der Waals surface area contributed by atoms with Crippen molar-refractivity contribution in [3.05, 3.63) is 34.3 Å². The molecule has 0 aromatic heterocycles. The zero-order valence-electron chi connectivity index (χ0n) is 6.54. The van der Waals surface area contributed by atoms with Crippen LogP contribution in [0.15, 0.2) is 18.2 Å². The van der Waals surface area contributed by atoms with Crippen LogP contribution in [0.1, 0.15) is 15.9 Å². The quantitative estimate of drug-likeness (QED) is 0.495. The Hall–Kier alpha value is -1.55. The van der Waals surface area contributed by atoms with Gasteiger partial charge in [-0.15, -0.1) is 0 Å². The van der Waals surface area contributed by atoms with Gasteiger partial charge >= 0.3 is 5.97 Å². The van der Waals surface area contributed by atoms with Crippen LogP contribution in [0.3, 0.4) is 0 Å². The van der Waals surface area contributed by atoms with Gasteiger partial charge in [0.15, 0.2) is 0 Å². The van der Waals surface area contributed by atoms with Crippen LogP contribution in [0, 0.1) is 5.41 Å². The highest BCUT2D eigenvalue weighted by molar-refractivity contribution is 6.34. The molecule has 5 heteroatoms. The molecule has 0 aliphatic rings. The van der Waals surface area contributed by atoms with Crippen molar-refractivity contribution >= 4 is 23.4 Å². The number of halogens is 1. The lowest BCUT2D eigenvalue weighted by Gasteiger charge is -2.02. The number of aromatic carboxylic acids is 1. The third kappa shape index (κ3) is 1.97. The summed E-state index contributed by atoms with van der Waals surface area (Å²) in [5.74, 6) is -1.24. The Morgan fingerprint density at radius 1 is 1.54 bits per heavy atom. The molecule has 0 saturated heterocycles. The highest BCUT2D eigenvalue weighted by Crippen LogP contribution is 2.17. The first-order valence-electron chi connectivity index (χ1n) is 3.39. The molecule has 0 amide bonds. The summed E-state index contributed by atoms with van der Waals surface area (Å²) in [4.78, 5) is 10.5. The lowest BCUT2D eigenvalue weighted by molar-refractivity contribution is 0.0697. The molecule has 0 aliphatic carbocycles. The first-order valence-corrected chi connectivity index (χ1v) is 3.77. The summed E-state index contributed by atoms with van der Waals surface area (Å²) in [5, 5.41) is 15.9. The van der Waals surface area contributed by atoms with E-state index in [4.69, 9.17) is 27.9 Å². The number of carboxylic acids is 1. The van der Waals surface area contributed by atoms with E-state index in [2.05, 4.69) is 0 Å². The SMILES string of the molecule is N=C(N)c1ccc(C(=O)O)cc1Cl. The standard InChI is InChI=1S/C8H7ClN2O2/c9-6-3-4(8(12)13)1-2-5(6)7(10)11/h1-3H,(H3,10,11)(H,12,13). The van der Waals surface area contributed by atoms with Crippen molar-refractivity contribution < 1.29 is 9.90 Å². The maximum absolute atomic E-state index is 10.5. The van der Waals surface area contributed by atoms with Gasteiger partial charge in [-0.25, -0.2) is 4.79 Å². The molecule has 4 nitrogen and oxygen atoms in total. The van der Waals surface area contributed by atoms with Crippen molar-refractivity contribution in [3.63, 3.8) is 0 Å². The van der Waals surface area contributed by atoms with Crippen LogP contribution in [-0.4, -0.2) is 16.9 Å². The van der Waals surface area contributed by atoms with E-state index < -0.39 is 5.97 Å². The van der Waals surface area contributed by atoms with Gasteiger partial charge < -0.3 is 10.8 Å². The van der Waals surface area contributed by atoms with Gasteiger partial charge in [0.25, 0.3) is 0 Å². The molecule has 0 bridgehead atoms. The molecule has 0 radical (unpaired) electrons. The molecule has 68 valence electrons. The average Bonchev–Trinajstić information content (AvgIpc) is 2.03. The number of carbonyl (C=O) groups is 1. The summed E-state index contributed by atoms with van der Waals surface area (Å²) in [7, 11) is 0. The highest BCUT2D eigenvalue weighted by atomic mass is 35.5. The van der Waals surface area contributed by atoms with E-state index in [1.165, 1.54) is 18.2 Å². The summed E-state index contributed by atoms with van der Waals surface area (Å²) in [6, 6.07) is 4.03. The van der Waals surface area contributed by atoms with Gasteiger partial charge in [0.1, 0.15) is 5.84 Å². The third-order valence-electron chi connectivity index (χ3n) is 1.51. The molecule has 0 saturated carbocycles. The number of nitrogen functional groups attached to an aromatic ring is 1. The molecule has 0 aliphatic heterocycles. The number of carboxylic acid groups (broad SMARTS) is 1. The Morgan fingerprint density at radius 3 is 2.54 bits per heavy atom. The van der Waals surface area contributed by atoms with E-state index in [1.54, 1.807) is 0 Å². The van der Waals surface area contributed by atoms with E-state index in [9.17, 15) is 4.79 Å². The normalized spacial score (nSPS) is 9.62. The number of benzene rings is 1. The number of hydrogen-bond donors (Lipinski definition) is 3. The maximum atomic E-state index is 10.5. The molecule has 4 N–H and O–H groups in total. The Bertz CT molecular complexity index is 376. The summed E-state index contributed by atoms with van der Waals surface area (Å²) in [5.41, 5.74) is 5.61. The van der Waals surface area contributed by atoms with E-state index in [1.807, 2.05) is 0 Å². The zero-order chi connectivity index (χ0) is 10.0. The van der Waals surface area contributed by atoms with Crippen molar-refractivity contribution in [2.45, 2.75) is 0 Å². The minimum atomic E-state index is -1.06. The highest BCUT2D eigenvalue weighted by Gasteiger charge is 2.07. The lowest BCUT2D eigenvalue weighted by atomic mass is 10.1. The predicted octanol–water partition coefficient (Wildman–Crippen LogP) is 1.32. The summed E-state index contributed by atoms with van der Waals surface area (Å²) >= 11 is 5.68. The van der Waals surface area contributed by atoms with Crippen molar-refractivity contribution in [2.24, 2.45) is 5.73 Å². The second-order valence-corrected chi connectivity index (χ2v) is 2.82. The maximum Gasteiger partial charge on any atom is 0.335 e. The fourth-order valence-electron chi connectivity index (χ4n) is 0.867. The molecule has 0 spiro atoms. The monoisotopic (exact) mass is 198 g/mol. The molecule has 1 aromatic rings. The fraction of sp³-hybridized carbons (Fsp3) is 0. The van der Waals surface area contributed by atoms with Crippen molar-refractivity contribution in [1.82, 2.24) is 0 Å². The van der Waals surface area contributed by atoms with Gasteiger partial charge in [0.05, 0.1) is 10.6 Å². The van der Waals surface area contributed by atoms with Crippen molar-refractivity contribution in [2.75, 3.05) is 0 Å². The van der Waals surface area contributed by atoms with Crippen LogP contribution in [0.4, 0.5) is 0 Å². The molecular weight excluding hydrogens is 192 g/mol. The number of amidine groups is 1. The van der Waals surface area contributed by atoms with Crippen molar-refractivity contribution in [1.29, 1.82) is 5.41 Å². The van der Waals surface area contributed by atoms with Crippen LogP contribution < -0.4 is 5.73 Å². The predicted molar refractivity (Wildman–Crippen MR) is 49.4 cm³/mol. The van der Waals surface area contributed by atoms with Crippen LogP contribution >= 0.6 is 11.6 Å². The second kappa shape index (κ2) is 3.45. The minimum absolute atomic E-state index is 0.0787. The lowest BCUT2D eigenvalue weighted by Crippen LogP contribution is -2.12. The number of nitrogens with one attached hydrogen (secondary N) is 1. The summed E-state index contributed by atoms with van der Waals surface area (Å²) < 4.78 is 0. The van der Waals surface area contributed by atoms with Gasteiger partial charge in [0, 0.05) is 5.56 Å². The Kier molecular flexibility index (Phi) is 2.53. The summed E-state index contributed by atoms with van der Waals surface area (Å²) in [6.45, 7) is 0. The Balaban J connectivity index is 3.20.